The predicted molar refractivity (Wildman–Crippen MR) is 39.4 cm³/mol. The second-order valence-electron chi connectivity index (χ2n) is 2.97. The summed E-state index contributed by atoms with van der Waals surface area (Å²) in [6, 6.07) is -0.0451. The van der Waals surface area contributed by atoms with Crippen LogP contribution in [0.1, 0.15) is 25.7 Å². The molecule has 0 bridgehead atoms. The first-order chi connectivity index (χ1) is 5.18. The van der Waals surface area contributed by atoms with Crippen molar-refractivity contribution < 1.29 is 15.0 Å². The first-order valence-corrected chi connectivity index (χ1v) is 3.86. The van der Waals surface area contributed by atoms with Gasteiger partial charge in [-0.25, -0.2) is 4.79 Å². The van der Waals surface area contributed by atoms with Crippen molar-refractivity contribution in [1.29, 1.82) is 0 Å². The monoisotopic (exact) mass is 159 g/mol. The molecule has 0 radical (unpaired) electrons. The second kappa shape index (κ2) is 3.57. The molecule has 4 heteroatoms. The Hall–Kier alpha value is -0.770. The van der Waals surface area contributed by atoms with E-state index in [1.54, 1.807) is 0 Å². The molecule has 64 valence electrons. The van der Waals surface area contributed by atoms with Crippen LogP contribution in [0.4, 0.5) is 4.79 Å². The van der Waals surface area contributed by atoms with Crippen LogP contribution in [-0.4, -0.2) is 28.5 Å². The highest BCUT2D eigenvalue weighted by Crippen LogP contribution is 2.17. The molecule has 2 atom stereocenters. The first kappa shape index (κ1) is 8.33. The van der Waals surface area contributed by atoms with E-state index in [9.17, 15) is 4.79 Å². The van der Waals surface area contributed by atoms with Gasteiger partial charge in [0.05, 0.1) is 6.10 Å². The molecule has 1 saturated carbocycles. The molecule has 0 saturated heterocycles. The maximum absolute atomic E-state index is 10.2. The van der Waals surface area contributed by atoms with Gasteiger partial charge in [-0.15, -0.1) is 0 Å². The Morgan fingerprint density at radius 3 is 2.73 bits per heavy atom. The standard InChI is InChI=1S/C7H13NO3/c9-6-3-1-2-5(4-6)8-7(10)11/h5-6,8-9H,1-4H2,(H,10,11)/t5?,6-/m0/s1. The van der Waals surface area contributed by atoms with E-state index in [1.807, 2.05) is 0 Å². The van der Waals surface area contributed by atoms with Crippen LogP contribution < -0.4 is 5.32 Å². The van der Waals surface area contributed by atoms with Gasteiger partial charge in [-0.2, -0.15) is 0 Å². The third-order valence-corrected chi connectivity index (χ3v) is 1.97. The van der Waals surface area contributed by atoms with Gasteiger partial charge in [0.15, 0.2) is 0 Å². The van der Waals surface area contributed by atoms with E-state index in [2.05, 4.69) is 5.32 Å². The van der Waals surface area contributed by atoms with Crippen molar-refractivity contribution in [2.45, 2.75) is 37.8 Å². The molecule has 0 aromatic carbocycles. The van der Waals surface area contributed by atoms with Crippen LogP contribution in [-0.2, 0) is 0 Å². The topological polar surface area (TPSA) is 69.6 Å². The van der Waals surface area contributed by atoms with Crippen molar-refractivity contribution in [3.63, 3.8) is 0 Å². The minimum absolute atomic E-state index is 0.0451. The van der Waals surface area contributed by atoms with Crippen molar-refractivity contribution in [1.82, 2.24) is 5.32 Å². The van der Waals surface area contributed by atoms with Crippen LogP contribution in [0.3, 0.4) is 0 Å². The molecular formula is C7H13NO3. The number of carboxylic acid groups (broad SMARTS) is 1. The Morgan fingerprint density at radius 2 is 2.18 bits per heavy atom. The zero-order valence-corrected chi connectivity index (χ0v) is 6.29. The number of aliphatic hydroxyl groups is 1. The number of aliphatic hydroxyl groups excluding tert-OH is 1. The third-order valence-electron chi connectivity index (χ3n) is 1.97. The molecule has 0 spiro atoms. The molecule has 0 aliphatic heterocycles. The van der Waals surface area contributed by atoms with Crippen LogP contribution in [0, 0.1) is 0 Å². The molecule has 11 heavy (non-hydrogen) atoms. The molecule has 0 aromatic rings. The lowest BCUT2D eigenvalue weighted by molar-refractivity contribution is 0.109. The van der Waals surface area contributed by atoms with Crippen molar-refractivity contribution >= 4 is 6.09 Å². The molecule has 0 aromatic heterocycles. The van der Waals surface area contributed by atoms with Crippen molar-refractivity contribution in [3.05, 3.63) is 0 Å². The summed E-state index contributed by atoms with van der Waals surface area (Å²) in [7, 11) is 0. The normalized spacial score (nSPS) is 31.4. The summed E-state index contributed by atoms with van der Waals surface area (Å²) in [6.07, 6.45) is 1.81. The highest BCUT2D eigenvalue weighted by Gasteiger charge is 2.20. The lowest BCUT2D eigenvalue weighted by Gasteiger charge is -2.25. The van der Waals surface area contributed by atoms with Gasteiger partial charge in [-0.1, -0.05) is 0 Å². The van der Waals surface area contributed by atoms with Gasteiger partial charge in [0.2, 0.25) is 0 Å². The van der Waals surface area contributed by atoms with Gasteiger partial charge in [-0.3, -0.25) is 0 Å². The van der Waals surface area contributed by atoms with Crippen LogP contribution >= 0.6 is 0 Å². The van der Waals surface area contributed by atoms with Gasteiger partial charge in [-0.05, 0) is 25.7 Å². The van der Waals surface area contributed by atoms with E-state index in [-0.39, 0.29) is 12.1 Å². The van der Waals surface area contributed by atoms with Gasteiger partial charge >= 0.3 is 6.09 Å². The number of carbonyl (C=O) groups is 1. The second-order valence-corrected chi connectivity index (χ2v) is 2.97. The number of amides is 1. The minimum Gasteiger partial charge on any atom is -0.465 e. The van der Waals surface area contributed by atoms with Crippen molar-refractivity contribution in [2.75, 3.05) is 0 Å². The molecule has 1 aliphatic rings. The average molecular weight is 159 g/mol. The maximum Gasteiger partial charge on any atom is 0.404 e. The van der Waals surface area contributed by atoms with E-state index in [0.29, 0.717) is 6.42 Å². The summed E-state index contributed by atoms with van der Waals surface area (Å²) in [5, 5.41) is 19.9. The van der Waals surface area contributed by atoms with E-state index in [4.69, 9.17) is 10.2 Å². The Kier molecular flexibility index (Phi) is 2.70. The smallest absolute Gasteiger partial charge is 0.404 e. The molecular weight excluding hydrogens is 146 g/mol. The van der Waals surface area contributed by atoms with Gasteiger partial charge in [0.25, 0.3) is 0 Å². The van der Waals surface area contributed by atoms with Gasteiger partial charge in [0.1, 0.15) is 0 Å². The summed E-state index contributed by atoms with van der Waals surface area (Å²) in [5.41, 5.74) is 0. The minimum atomic E-state index is -0.996. The van der Waals surface area contributed by atoms with Crippen molar-refractivity contribution in [3.8, 4) is 0 Å². The fraction of sp³-hybridized carbons (Fsp3) is 0.857. The van der Waals surface area contributed by atoms with Gasteiger partial charge in [0, 0.05) is 6.04 Å². The predicted octanol–water partition coefficient (Wildman–Crippen LogP) is 0.557. The fourth-order valence-electron chi connectivity index (χ4n) is 1.47. The molecule has 1 amide bonds. The number of rotatable bonds is 1. The zero-order valence-electron chi connectivity index (χ0n) is 6.29. The van der Waals surface area contributed by atoms with Gasteiger partial charge < -0.3 is 15.5 Å². The Labute approximate surface area is 65.2 Å². The van der Waals surface area contributed by atoms with Crippen LogP contribution in [0.25, 0.3) is 0 Å². The number of hydrogen-bond acceptors (Lipinski definition) is 2. The molecule has 1 unspecified atom stereocenters. The van der Waals surface area contributed by atoms with Crippen LogP contribution in [0.15, 0.2) is 0 Å². The average Bonchev–Trinajstić information content (AvgIpc) is 1.85. The molecule has 1 aliphatic carbocycles. The van der Waals surface area contributed by atoms with E-state index in [1.165, 1.54) is 0 Å². The first-order valence-electron chi connectivity index (χ1n) is 3.86. The fourth-order valence-corrected chi connectivity index (χ4v) is 1.47. The number of hydrogen-bond donors (Lipinski definition) is 3. The summed E-state index contributed by atoms with van der Waals surface area (Å²) < 4.78 is 0. The lowest BCUT2D eigenvalue weighted by atomic mass is 9.93. The molecule has 3 N–H and O–H groups in total. The molecule has 1 rings (SSSR count). The Morgan fingerprint density at radius 1 is 1.45 bits per heavy atom. The summed E-state index contributed by atoms with van der Waals surface area (Å²) in [5.74, 6) is 0. The largest absolute Gasteiger partial charge is 0.465 e. The Bertz CT molecular complexity index is 149. The van der Waals surface area contributed by atoms with Crippen LogP contribution in [0.2, 0.25) is 0 Å². The quantitative estimate of drug-likeness (QED) is 0.523. The maximum atomic E-state index is 10.2. The third kappa shape index (κ3) is 2.76. The summed E-state index contributed by atoms with van der Waals surface area (Å²) in [4.78, 5) is 10.2. The Balaban J connectivity index is 2.28. The van der Waals surface area contributed by atoms with E-state index in [0.717, 1.165) is 19.3 Å². The summed E-state index contributed by atoms with van der Waals surface area (Å²) >= 11 is 0. The van der Waals surface area contributed by atoms with Crippen molar-refractivity contribution in [2.24, 2.45) is 0 Å². The number of nitrogens with one attached hydrogen (secondary N) is 1. The highest BCUT2D eigenvalue weighted by molar-refractivity contribution is 5.64. The zero-order chi connectivity index (χ0) is 8.27. The SMILES string of the molecule is O=C(O)NC1CCC[C@H](O)C1. The van der Waals surface area contributed by atoms with E-state index < -0.39 is 6.09 Å². The highest BCUT2D eigenvalue weighted by atomic mass is 16.4. The van der Waals surface area contributed by atoms with E-state index >= 15 is 0 Å². The molecule has 0 heterocycles. The lowest BCUT2D eigenvalue weighted by Crippen LogP contribution is -2.38. The summed E-state index contributed by atoms with van der Waals surface area (Å²) in [6.45, 7) is 0. The molecule has 1 fully saturated rings. The van der Waals surface area contributed by atoms with Crippen LogP contribution in [0.5, 0.6) is 0 Å². The molecule has 4 nitrogen and oxygen atoms in total.